The Kier molecular flexibility index (Phi) is 11.9. The molecule has 1 N–H and O–H groups in total. The first-order valence-electron chi connectivity index (χ1n) is 13.2. The summed E-state index contributed by atoms with van der Waals surface area (Å²) in [5.41, 5.74) is 1.48. The standard InChI is InChI=1S/C29H38Cl2N2O3/c1-2-3-4-10-19-36-25-17-15-22(16-18-25)28(29(35)32-24-12-6-5-7-13-24)33(27(34)20-30)21-23-11-8-9-14-26(23)31/h8-9,11,14-18,24,28H,2-7,10,12-13,19-21H2,1H3,(H,32,35)/t28-/m1/s1. The summed E-state index contributed by atoms with van der Waals surface area (Å²) in [5.74, 6) is 0.0108. The second kappa shape index (κ2) is 15.1. The van der Waals surface area contributed by atoms with Crippen molar-refractivity contribution in [3.05, 3.63) is 64.7 Å². The molecule has 0 aliphatic heterocycles. The molecule has 2 amide bonds. The number of nitrogens with zero attached hydrogens (tertiary/aromatic N) is 1. The Morgan fingerprint density at radius 3 is 2.42 bits per heavy atom. The molecule has 1 aliphatic carbocycles. The van der Waals surface area contributed by atoms with Crippen LogP contribution in [0, 0.1) is 0 Å². The molecule has 1 aliphatic rings. The van der Waals surface area contributed by atoms with Gasteiger partial charge in [0.2, 0.25) is 11.8 Å². The summed E-state index contributed by atoms with van der Waals surface area (Å²) < 4.78 is 5.89. The molecular weight excluding hydrogens is 495 g/mol. The summed E-state index contributed by atoms with van der Waals surface area (Å²) in [4.78, 5) is 28.3. The predicted molar refractivity (Wildman–Crippen MR) is 147 cm³/mol. The number of amides is 2. The molecule has 196 valence electrons. The van der Waals surface area contributed by atoms with Gasteiger partial charge in [-0.15, -0.1) is 11.6 Å². The first-order chi connectivity index (χ1) is 17.5. The van der Waals surface area contributed by atoms with Crippen LogP contribution in [0.25, 0.3) is 0 Å². The number of hydrogen-bond donors (Lipinski definition) is 1. The number of halogens is 2. The summed E-state index contributed by atoms with van der Waals surface area (Å²) in [6.45, 7) is 3.03. The number of alkyl halides is 1. The van der Waals surface area contributed by atoms with Crippen LogP contribution >= 0.6 is 23.2 Å². The number of unbranched alkanes of at least 4 members (excludes halogenated alkanes) is 3. The third kappa shape index (κ3) is 8.41. The Labute approximate surface area is 225 Å². The highest BCUT2D eigenvalue weighted by molar-refractivity contribution is 6.31. The second-order valence-corrected chi connectivity index (χ2v) is 10.1. The summed E-state index contributed by atoms with van der Waals surface area (Å²) in [6, 6.07) is 14.1. The molecule has 1 atom stereocenters. The van der Waals surface area contributed by atoms with Gasteiger partial charge in [-0.2, -0.15) is 0 Å². The lowest BCUT2D eigenvalue weighted by Crippen LogP contribution is -2.47. The molecule has 0 aromatic heterocycles. The third-order valence-electron chi connectivity index (χ3n) is 6.71. The number of benzene rings is 2. The van der Waals surface area contributed by atoms with E-state index >= 15 is 0 Å². The Morgan fingerprint density at radius 2 is 1.75 bits per heavy atom. The van der Waals surface area contributed by atoms with Crippen LogP contribution in [0.15, 0.2) is 48.5 Å². The van der Waals surface area contributed by atoms with Gasteiger partial charge in [0.15, 0.2) is 0 Å². The van der Waals surface area contributed by atoms with Gasteiger partial charge >= 0.3 is 0 Å². The van der Waals surface area contributed by atoms with Gasteiger partial charge in [-0.3, -0.25) is 9.59 Å². The number of nitrogens with one attached hydrogen (secondary N) is 1. The Morgan fingerprint density at radius 1 is 1.03 bits per heavy atom. The van der Waals surface area contributed by atoms with Crippen molar-refractivity contribution in [1.29, 1.82) is 0 Å². The maximum Gasteiger partial charge on any atom is 0.247 e. The van der Waals surface area contributed by atoms with Crippen LogP contribution in [-0.4, -0.2) is 35.2 Å². The maximum absolute atomic E-state index is 13.7. The van der Waals surface area contributed by atoms with Crippen molar-refractivity contribution < 1.29 is 14.3 Å². The fourth-order valence-corrected chi connectivity index (χ4v) is 5.02. The zero-order chi connectivity index (χ0) is 25.8. The van der Waals surface area contributed by atoms with Crippen molar-refractivity contribution in [3.8, 4) is 5.75 Å². The van der Waals surface area contributed by atoms with Crippen molar-refractivity contribution in [1.82, 2.24) is 10.2 Å². The summed E-state index contributed by atoms with van der Waals surface area (Å²) in [5, 5.41) is 3.75. The van der Waals surface area contributed by atoms with Gasteiger partial charge in [-0.05, 0) is 48.6 Å². The average Bonchev–Trinajstić information content (AvgIpc) is 2.90. The highest BCUT2D eigenvalue weighted by Gasteiger charge is 2.33. The predicted octanol–water partition coefficient (Wildman–Crippen LogP) is 7.06. The van der Waals surface area contributed by atoms with E-state index in [0.717, 1.165) is 49.8 Å². The molecule has 7 heteroatoms. The highest BCUT2D eigenvalue weighted by Crippen LogP contribution is 2.29. The first-order valence-corrected chi connectivity index (χ1v) is 14.1. The van der Waals surface area contributed by atoms with E-state index in [1.165, 1.54) is 24.2 Å². The Hall–Kier alpha value is -2.24. The number of carbonyl (C=O) groups excluding carboxylic acids is 2. The second-order valence-electron chi connectivity index (χ2n) is 9.47. The number of rotatable bonds is 13. The normalized spacial score (nSPS) is 14.8. The SMILES string of the molecule is CCCCCCOc1ccc([C@H](C(=O)NC2CCCCC2)N(Cc2ccccc2Cl)C(=O)CCl)cc1. The van der Waals surface area contributed by atoms with Crippen molar-refractivity contribution in [3.63, 3.8) is 0 Å². The summed E-state index contributed by atoms with van der Waals surface area (Å²) >= 11 is 12.4. The quantitative estimate of drug-likeness (QED) is 0.222. The van der Waals surface area contributed by atoms with Gasteiger partial charge in [0.05, 0.1) is 6.61 Å². The van der Waals surface area contributed by atoms with Crippen LogP contribution in [0.5, 0.6) is 5.75 Å². The molecule has 2 aromatic rings. The topological polar surface area (TPSA) is 58.6 Å². The monoisotopic (exact) mass is 532 g/mol. The van der Waals surface area contributed by atoms with Gasteiger partial charge in [0.1, 0.15) is 17.7 Å². The molecule has 0 spiro atoms. The van der Waals surface area contributed by atoms with Crippen molar-refractivity contribution in [2.45, 2.75) is 83.3 Å². The lowest BCUT2D eigenvalue weighted by Gasteiger charge is -2.33. The summed E-state index contributed by atoms with van der Waals surface area (Å²) in [6.07, 6.45) is 9.86. The van der Waals surface area contributed by atoms with E-state index in [9.17, 15) is 9.59 Å². The van der Waals surface area contributed by atoms with Crippen LogP contribution in [-0.2, 0) is 16.1 Å². The fraction of sp³-hybridized carbons (Fsp3) is 0.517. The number of ether oxygens (including phenoxy) is 1. The van der Waals surface area contributed by atoms with E-state index in [-0.39, 0.29) is 30.3 Å². The smallest absolute Gasteiger partial charge is 0.247 e. The molecule has 1 fully saturated rings. The third-order valence-corrected chi connectivity index (χ3v) is 7.30. The Balaban J connectivity index is 1.85. The lowest BCUT2D eigenvalue weighted by molar-refractivity contribution is -0.140. The molecule has 2 aromatic carbocycles. The molecule has 0 bridgehead atoms. The van der Waals surface area contributed by atoms with Gasteiger partial charge in [0.25, 0.3) is 0 Å². The van der Waals surface area contributed by atoms with Gasteiger partial charge < -0.3 is 15.0 Å². The van der Waals surface area contributed by atoms with Gasteiger partial charge in [-0.1, -0.05) is 87.4 Å². The van der Waals surface area contributed by atoms with E-state index in [0.29, 0.717) is 17.2 Å². The van der Waals surface area contributed by atoms with E-state index in [1.54, 1.807) is 6.07 Å². The number of carbonyl (C=O) groups is 2. The minimum absolute atomic E-state index is 0.118. The molecule has 1 saturated carbocycles. The minimum atomic E-state index is -0.826. The first kappa shape index (κ1) is 28.3. The lowest BCUT2D eigenvalue weighted by atomic mass is 9.94. The molecule has 36 heavy (non-hydrogen) atoms. The fourth-order valence-electron chi connectivity index (χ4n) is 4.68. The number of hydrogen-bond acceptors (Lipinski definition) is 3. The molecule has 5 nitrogen and oxygen atoms in total. The van der Waals surface area contributed by atoms with E-state index in [1.807, 2.05) is 42.5 Å². The zero-order valence-corrected chi connectivity index (χ0v) is 22.7. The van der Waals surface area contributed by atoms with Crippen molar-refractivity contribution in [2.24, 2.45) is 0 Å². The van der Waals surface area contributed by atoms with Gasteiger partial charge in [0, 0.05) is 17.6 Å². The van der Waals surface area contributed by atoms with E-state index in [4.69, 9.17) is 27.9 Å². The molecule has 0 saturated heterocycles. The maximum atomic E-state index is 13.7. The van der Waals surface area contributed by atoms with E-state index < -0.39 is 6.04 Å². The molecule has 3 rings (SSSR count). The van der Waals surface area contributed by atoms with Crippen LogP contribution in [0.3, 0.4) is 0 Å². The minimum Gasteiger partial charge on any atom is -0.494 e. The summed E-state index contributed by atoms with van der Waals surface area (Å²) in [7, 11) is 0. The molecular formula is C29H38Cl2N2O3. The van der Waals surface area contributed by atoms with Crippen LogP contribution in [0.2, 0.25) is 5.02 Å². The highest BCUT2D eigenvalue weighted by atomic mass is 35.5. The average molecular weight is 534 g/mol. The van der Waals surface area contributed by atoms with Crippen LogP contribution in [0.4, 0.5) is 0 Å². The van der Waals surface area contributed by atoms with Gasteiger partial charge in [-0.25, -0.2) is 0 Å². The zero-order valence-electron chi connectivity index (χ0n) is 21.2. The molecule has 0 unspecified atom stereocenters. The van der Waals surface area contributed by atoms with E-state index in [2.05, 4.69) is 12.2 Å². The van der Waals surface area contributed by atoms with Crippen molar-refractivity contribution in [2.75, 3.05) is 12.5 Å². The largest absolute Gasteiger partial charge is 0.494 e. The molecule has 0 heterocycles. The van der Waals surface area contributed by atoms with Crippen LogP contribution < -0.4 is 10.1 Å². The Bertz CT molecular complexity index is 961. The van der Waals surface area contributed by atoms with Crippen molar-refractivity contribution >= 4 is 35.0 Å². The van der Waals surface area contributed by atoms with Crippen LogP contribution in [0.1, 0.15) is 81.9 Å². The molecule has 0 radical (unpaired) electrons.